The zero-order valence-corrected chi connectivity index (χ0v) is 13.0. The fourth-order valence-electron chi connectivity index (χ4n) is 2.60. The molecule has 22 heavy (non-hydrogen) atoms. The molecule has 1 aliphatic heterocycles. The molecule has 3 rings (SSSR count). The maximum absolute atomic E-state index is 5.60. The summed E-state index contributed by atoms with van der Waals surface area (Å²) in [6.45, 7) is 4.92. The largest absolute Gasteiger partial charge is 0.496 e. The zero-order chi connectivity index (χ0) is 15.4. The van der Waals surface area contributed by atoms with Crippen LogP contribution in [0.1, 0.15) is 16.7 Å². The van der Waals surface area contributed by atoms with Crippen molar-refractivity contribution in [2.24, 2.45) is 0 Å². The molecular formula is C18H21NO3. The van der Waals surface area contributed by atoms with Gasteiger partial charge in [0.2, 0.25) is 0 Å². The fraction of sp³-hybridized carbons (Fsp3) is 0.333. The quantitative estimate of drug-likeness (QED) is 0.921. The Bertz CT molecular complexity index is 655. The molecule has 2 aromatic carbocycles. The minimum absolute atomic E-state index is 0.620. The third-order valence-electron chi connectivity index (χ3n) is 3.72. The molecule has 0 saturated carbocycles. The van der Waals surface area contributed by atoms with Crippen molar-refractivity contribution >= 4 is 0 Å². The molecular weight excluding hydrogens is 278 g/mol. The van der Waals surface area contributed by atoms with E-state index >= 15 is 0 Å². The Kier molecular flexibility index (Phi) is 4.49. The lowest BCUT2D eigenvalue weighted by Gasteiger charge is -2.19. The summed E-state index contributed by atoms with van der Waals surface area (Å²) in [4.78, 5) is 0. The summed E-state index contributed by atoms with van der Waals surface area (Å²) >= 11 is 0. The molecule has 1 aliphatic rings. The first-order valence-electron chi connectivity index (χ1n) is 7.49. The predicted octanol–water partition coefficient (Wildman–Crippen LogP) is 3.06. The summed E-state index contributed by atoms with van der Waals surface area (Å²) in [6, 6.07) is 12.3. The van der Waals surface area contributed by atoms with E-state index in [9.17, 15) is 0 Å². The molecule has 0 spiro atoms. The van der Waals surface area contributed by atoms with Crippen molar-refractivity contribution in [3.63, 3.8) is 0 Å². The number of nitrogens with one attached hydrogen (secondary N) is 1. The van der Waals surface area contributed by atoms with Crippen molar-refractivity contribution in [3.8, 4) is 17.2 Å². The molecule has 0 atom stereocenters. The molecule has 0 radical (unpaired) electrons. The molecule has 4 heteroatoms. The number of hydrogen-bond donors (Lipinski definition) is 1. The third kappa shape index (κ3) is 3.34. The van der Waals surface area contributed by atoms with Crippen LogP contribution >= 0.6 is 0 Å². The van der Waals surface area contributed by atoms with Gasteiger partial charge in [-0.05, 0) is 41.8 Å². The highest BCUT2D eigenvalue weighted by Crippen LogP contribution is 2.30. The van der Waals surface area contributed by atoms with Gasteiger partial charge in [-0.1, -0.05) is 18.2 Å². The maximum atomic E-state index is 5.60. The van der Waals surface area contributed by atoms with Gasteiger partial charge in [-0.3, -0.25) is 0 Å². The lowest BCUT2D eigenvalue weighted by molar-refractivity contribution is 0.171. The van der Waals surface area contributed by atoms with Gasteiger partial charge < -0.3 is 19.5 Å². The predicted molar refractivity (Wildman–Crippen MR) is 85.7 cm³/mol. The van der Waals surface area contributed by atoms with E-state index < -0.39 is 0 Å². The van der Waals surface area contributed by atoms with Crippen LogP contribution in [0.25, 0.3) is 0 Å². The molecule has 0 bridgehead atoms. The van der Waals surface area contributed by atoms with E-state index in [1.807, 2.05) is 18.2 Å². The van der Waals surface area contributed by atoms with Crippen LogP contribution in [0.3, 0.4) is 0 Å². The van der Waals surface area contributed by atoms with E-state index in [2.05, 4.69) is 30.4 Å². The highest BCUT2D eigenvalue weighted by Gasteiger charge is 2.11. The van der Waals surface area contributed by atoms with E-state index in [1.54, 1.807) is 7.11 Å². The lowest BCUT2D eigenvalue weighted by Crippen LogP contribution is -2.16. The standard InChI is InChI=1S/C18H21NO3/c1-13-9-14(3-5-16(13)20-2)11-19-12-15-4-6-17-18(10-15)22-8-7-21-17/h3-6,9-10,19H,7-8,11-12H2,1-2H3. The summed E-state index contributed by atoms with van der Waals surface area (Å²) in [5, 5.41) is 3.45. The minimum atomic E-state index is 0.620. The summed E-state index contributed by atoms with van der Waals surface area (Å²) in [5.74, 6) is 2.60. The van der Waals surface area contributed by atoms with Crippen LogP contribution in [0.5, 0.6) is 17.2 Å². The summed E-state index contributed by atoms with van der Waals surface area (Å²) in [7, 11) is 1.70. The highest BCUT2D eigenvalue weighted by atomic mass is 16.6. The molecule has 0 saturated heterocycles. The Labute approximate surface area is 131 Å². The molecule has 0 unspecified atom stereocenters. The van der Waals surface area contributed by atoms with Crippen LogP contribution in [-0.2, 0) is 13.1 Å². The van der Waals surface area contributed by atoms with Crippen molar-refractivity contribution in [2.75, 3.05) is 20.3 Å². The number of hydrogen-bond acceptors (Lipinski definition) is 4. The van der Waals surface area contributed by atoms with Gasteiger partial charge in [0, 0.05) is 13.1 Å². The second kappa shape index (κ2) is 6.71. The first-order chi connectivity index (χ1) is 10.8. The van der Waals surface area contributed by atoms with E-state index in [-0.39, 0.29) is 0 Å². The number of aryl methyl sites for hydroxylation is 1. The second-order valence-electron chi connectivity index (χ2n) is 5.39. The average Bonchev–Trinajstić information content (AvgIpc) is 2.55. The van der Waals surface area contributed by atoms with E-state index in [0.29, 0.717) is 13.2 Å². The first-order valence-corrected chi connectivity index (χ1v) is 7.49. The Morgan fingerprint density at radius 2 is 1.64 bits per heavy atom. The van der Waals surface area contributed by atoms with E-state index in [0.717, 1.165) is 35.9 Å². The van der Waals surface area contributed by atoms with Gasteiger partial charge in [-0.15, -0.1) is 0 Å². The number of fused-ring (bicyclic) bond motifs is 1. The van der Waals surface area contributed by atoms with Gasteiger partial charge in [0.25, 0.3) is 0 Å². The number of ether oxygens (including phenoxy) is 3. The van der Waals surface area contributed by atoms with Crippen molar-refractivity contribution in [2.45, 2.75) is 20.0 Å². The van der Waals surface area contributed by atoms with Crippen LogP contribution in [-0.4, -0.2) is 20.3 Å². The van der Waals surface area contributed by atoms with Crippen molar-refractivity contribution in [3.05, 3.63) is 53.1 Å². The maximum Gasteiger partial charge on any atom is 0.161 e. The van der Waals surface area contributed by atoms with Crippen LogP contribution in [0.2, 0.25) is 0 Å². The summed E-state index contributed by atoms with van der Waals surface area (Å²) in [6.07, 6.45) is 0. The highest BCUT2D eigenvalue weighted by molar-refractivity contribution is 5.43. The molecule has 4 nitrogen and oxygen atoms in total. The first kappa shape index (κ1) is 14.7. The number of benzene rings is 2. The van der Waals surface area contributed by atoms with Crippen molar-refractivity contribution in [1.29, 1.82) is 0 Å². The van der Waals surface area contributed by atoms with Crippen LogP contribution in [0, 0.1) is 6.92 Å². The van der Waals surface area contributed by atoms with Gasteiger partial charge in [0.15, 0.2) is 11.5 Å². The van der Waals surface area contributed by atoms with Crippen LogP contribution in [0.15, 0.2) is 36.4 Å². The molecule has 116 valence electrons. The molecule has 1 heterocycles. The molecule has 0 aromatic heterocycles. The molecule has 0 amide bonds. The van der Waals surface area contributed by atoms with Gasteiger partial charge >= 0.3 is 0 Å². The summed E-state index contributed by atoms with van der Waals surface area (Å²) < 4.78 is 16.4. The van der Waals surface area contributed by atoms with E-state index in [1.165, 1.54) is 11.1 Å². The molecule has 1 N–H and O–H groups in total. The lowest BCUT2D eigenvalue weighted by atomic mass is 10.1. The third-order valence-corrected chi connectivity index (χ3v) is 3.72. The normalized spacial score (nSPS) is 13.0. The number of methoxy groups -OCH3 is 1. The van der Waals surface area contributed by atoms with Gasteiger partial charge in [-0.25, -0.2) is 0 Å². The molecule has 0 fully saturated rings. The summed E-state index contributed by atoms with van der Waals surface area (Å²) in [5.41, 5.74) is 3.59. The SMILES string of the molecule is COc1ccc(CNCc2ccc3c(c2)OCCO3)cc1C. The minimum Gasteiger partial charge on any atom is -0.496 e. The van der Waals surface area contributed by atoms with Crippen LogP contribution in [0.4, 0.5) is 0 Å². The van der Waals surface area contributed by atoms with Gasteiger partial charge in [0.1, 0.15) is 19.0 Å². The Hall–Kier alpha value is -2.20. The van der Waals surface area contributed by atoms with Gasteiger partial charge in [0.05, 0.1) is 7.11 Å². The van der Waals surface area contributed by atoms with Crippen LogP contribution < -0.4 is 19.5 Å². The van der Waals surface area contributed by atoms with Crippen molar-refractivity contribution in [1.82, 2.24) is 5.32 Å². The Morgan fingerprint density at radius 3 is 2.36 bits per heavy atom. The van der Waals surface area contributed by atoms with E-state index in [4.69, 9.17) is 14.2 Å². The number of rotatable bonds is 5. The second-order valence-corrected chi connectivity index (χ2v) is 5.39. The Balaban J connectivity index is 1.58. The average molecular weight is 299 g/mol. The molecule has 0 aliphatic carbocycles. The monoisotopic (exact) mass is 299 g/mol. The van der Waals surface area contributed by atoms with Gasteiger partial charge in [-0.2, -0.15) is 0 Å². The smallest absolute Gasteiger partial charge is 0.161 e. The zero-order valence-electron chi connectivity index (χ0n) is 13.0. The molecule has 2 aromatic rings. The Morgan fingerprint density at radius 1 is 0.955 bits per heavy atom. The fourth-order valence-corrected chi connectivity index (χ4v) is 2.60. The van der Waals surface area contributed by atoms with Crippen molar-refractivity contribution < 1.29 is 14.2 Å². The topological polar surface area (TPSA) is 39.7 Å².